The van der Waals surface area contributed by atoms with Gasteiger partial charge in [-0.2, -0.15) is 0 Å². The fraction of sp³-hybridized carbons (Fsp3) is 0.0588. The predicted molar refractivity (Wildman–Crippen MR) is 109 cm³/mol. The van der Waals surface area contributed by atoms with Crippen molar-refractivity contribution >= 4 is 68.4 Å². The zero-order valence-corrected chi connectivity index (χ0v) is 16.8. The molecule has 0 N–H and O–H groups in total. The van der Waals surface area contributed by atoms with Crippen molar-refractivity contribution in [3.63, 3.8) is 0 Å². The average molecular weight is 536 g/mol. The van der Waals surface area contributed by atoms with Crippen LogP contribution in [0.4, 0.5) is 11.6 Å². The summed E-state index contributed by atoms with van der Waals surface area (Å²) in [6.45, 7) is 0. The van der Waals surface area contributed by atoms with E-state index in [4.69, 9.17) is 16.0 Å². The molecule has 0 aliphatic carbocycles. The van der Waals surface area contributed by atoms with Gasteiger partial charge in [0.05, 0.1) is 7.14 Å². The zero-order chi connectivity index (χ0) is 15.7. The predicted octanol–water partition coefficient (Wildman–Crippen LogP) is 6.58. The average Bonchev–Trinajstić information content (AvgIpc) is 2.84. The molecular formula is C17H12ClI2NO. The second-order valence-electron chi connectivity index (χ2n) is 4.77. The Bertz CT molecular complexity index is 784. The Morgan fingerprint density at radius 3 is 2.18 bits per heavy atom. The van der Waals surface area contributed by atoms with E-state index in [1.54, 1.807) is 0 Å². The highest BCUT2D eigenvalue weighted by Gasteiger charge is 2.21. The number of hydrogen-bond donors (Lipinski definition) is 0. The largest absolute Gasteiger partial charge is 0.438 e. The first-order valence-corrected chi connectivity index (χ1v) is 9.14. The summed E-state index contributed by atoms with van der Waals surface area (Å²) in [5.74, 6) is 1.72. The van der Waals surface area contributed by atoms with Gasteiger partial charge in [0.1, 0.15) is 0 Å². The van der Waals surface area contributed by atoms with Gasteiger partial charge in [0, 0.05) is 23.3 Å². The van der Waals surface area contributed by atoms with Gasteiger partial charge in [-0.1, -0.05) is 29.8 Å². The topological polar surface area (TPSA) is 16.4 Å². The molecule has 2 nitrogen and oxygen atoms in total. The molecule has 0 aliphatic rings. The summed E-state index contributed by atoms with van der Waals surface area (Å²) in [7, 11) is 2.01. The second kappa shape index (κ2) is 6.80. The van der Waals surface area contributed by atoms with Gasteiger partial charge in [0.15, 0.2) is 5.76 Å². The van der Waals surface area contributed by atoms with E-state index in [1.807, 2.05) is 49.5 Å². The van der Waals surface area contributed by atoms with E-state index in [-0.39, 0.29) is 0 Å². The summed E-state index contributed by atoms with van der Waals surface area (Å²) in [6.07, 6.45) is 0. The van der Waals surface area contributed by atoms with Gasteiger partial charge < -0.3 is 9.32 Å². The highest BCUT2D eigenvalue weighted by atomic mass is 127. The smallest absolute Gasteiger partial charge is 0.214 e. The van der Waals surface area contributed by atoms with Crippen LogP contribution in [0.2, 0.25) is 5.02 Å². The number of nitrogens with zero attached hydrogens (tertiary/aromatic N) is 1. The molecule has 112 valence electrons. The van der Waals surface area contributed by atoms with E-state index >= 15 is 0 Å². The van der Waals surface area contributed by atoms with Crippen LogP contribution < -0.4 is 4.90 Å². The highest BCUT2D eigenvalue weighted by Crippen LogP contribution is 2.40. The number of halogens is 3. The van der Waals surface area contributed by atoms with Crippen molar-refractivity contribution in [2.75, 3.05) is 11.9 Å². The molecule has 22 heavy (non-hydrogen) atoms. The molecule has 0 atom stereocenters. The van der Waals surface area contributed by atoms with Crippen molar-refractivity contribution in [3.8, 4) is 11.3 Å². The summed E-state index contributed by atoms with van der Waals surface area (Å²) in [5, 5.41) is 0.724. The lowest BCUT2D eigenvalue weighted by molar-refractivity contribution is 0.581. The quantitative estimate of drug-likeness (QED) is 0.353. The Kier molecular flexibility index (Phi) is 4.99. The SMILES string of the molecule is CN(c1ccccc1)c1oc(-c2ccc(Cl)cc2)c(I)c1I. The van der Waals surface area contributed by atoms with Crippen molar-refractivity contribution in [1.29, 1.82) is 0 Å². The molecule has 0 amide bonds. The Balaban J connectivity index is 2.04. The summed E-state index contributed by atoms with van der Waals surface area (Å²) < 4.78 is 8.37. The number of furan rings is 1. The molecule has 2 aromatic carbocycles. The van der Waals surface area contributed by atoms with E-state index in [1.165, 1.54) is 0 Å². The van der Waals surface area contributed by atoms with Crippen LogP contribution in [0.25, 0.3) is 11.3 Å². The molecule has 1 heterocycles. The molecule has 0 fully saturated rings. The monoisotopic (exact) mass is 535 g/mol. The molecule has 0 saturated carbocycles. The number of benzene rings is 2. The summed E-state index contributed by atoms with van der Waals surface area (Å²) in [6, 6.07) is 17.9. The number of hydrogen-bond acceptors (Lipinski definition) is 2. The molecule has 0 unspecified atom stereocenters. The van der Waals surface area contributed by atoms with Crippen LogP contribution in [0.5, 0.6) is 0 Å². The van der Waals surface area contributed by atoms with Gasteiger partial charge in [0.2, 0.25) is 5.88 Å². The molecule has 0 spiro atoms. The molecular weight excluding hydrogens is 523 g/mol. The van der Waals surface area contributed by atoms with Gasteiger partial charge in [0.25, 0.3) is 0 Å². The van der Waals surface area contributed by atoms with Crippen molar-refractivity contribution in [2.24, 2.45) is 0 Å². The third-order valence-corrected chi connectivity index (χ3v) is 6.65. The zero-order valence-electron chi connectivity index (χ0n) is 11.7. The van der Waals surface area contributed by atoms with Crippen molar-refractivity contribution in [3.05, 3.63) is 66.8 Å². The summed E-state index contributed by atoms with van der Waals surface area (Å²) in [4.78, 5) is 2.06. The Labute approximate surface area is 161 Å². The van der Waals surface area contributed by atoms with E-state index in [9.17, 15) is 0 Å². The van der Waals surface area contributed by atoms with Gasteiger partial charge in [-0.3, -0.25) is 0 Å². The lowest BCUT2D eigenvalue weighted by atomic mass is 10.2. The Morgan fingerprint density at radius 2 is 1.55 bits per heavy atom. The minimum absolute atomic E-state index is 0.724. The van der Waals surface area contributed by atoms with Crippen LogP contribution in [0, 0.1) is 7.14 Å². The minimum Gasteiger partial charge on any atom is -0.438 e. The molecule has 0 aliphatic heterocycles. The second-order valence-corrected chi connectivity index (χ2v) is 7.36. The third kappa shape index (κ3) is 3.14. The Morgan fingerprint density at radius 1 is 0.909 bits per heavy atom. The standard InChI is InChI=1S/C17H12ClI2NO/c1-21(13-5-3-2-4-6-13)17-15(20)14(19)16(22-17)11-7-9-12(18)10-8-11/h2-10H,1H3. The fourth-order valence-corrected chi connectivity index (χ4v) is 3.65. The van der Waals surface area contributed by atoms with E-state index in [0.29, 0.717) is 0 Å². The normalized spacial score (nSPS) is 10.7. The van der Waals surface area contributed by atoms with Crippen molar-refractivity contribution < 1.29 is 4.42 Å². The molecule has 5 heteroatoms. The van der Waals surface area contributed by atoms with Crippen LogP contribution >= 0.6 is 56.8 Å². The Hall–Kier alpha value is -0.730. The van der Waals surface area contributed by atoms with Crippen molar-refractivity contribution in [2.45, 2.75) is 0 Å². The first kappa shape index (κ1) is 16.1. The van der Waals surface area contributed by atoms with Gasteiger partial charge >= 0.3 is 0 Å². The van der Waals surface area contributed by atoms with Crippen LogP contribution in [-0.2, 0) is 0 Å². The minimum atomic E-state index is 0.724. The van der Waals surface area contributed by atoms with Gasteiger partial charge in [-0.25, -0.2) is 0 Å². The van der Waals surface area contributed by atoms with Crippen LogP contribution in [0.15, 0.2) is 59.0 Å². The first-order valence-electron chi connectivity index (χ1n) is 6.60. The molecule has 3 rings (SSSR count). The third-order valence-electron chi connectivity index (χ3n) is 3.33. The molecule has 0 bridgehead atoms. The maximum absolute atomic E-state index is 6.16. The van der Waals surface area contributed by atoms with E-state index < -0.39 is 0 Å². The number of rotatable bonds is 3. The van der Waals surface area contributed by atoms with E-state index in [2.05, 4.69) is 62.2 Å². The number of para-hydroxylation sites is 1. The molecule has 0 radical (unpaired) electrons. The fourth-order valence-electron chi connectivity index (χ4n) is 2.15. The van der Waals surface area contributed by atoms with Crippen LogP contribution in [0.3, 0.4) is 0 Å². The molecule has 3 aromatic rings. The maximum atomic E-state index is 6.16. The summed E-state index contributed by atoms with van der Waals surface area (Å²) in [5.41, 5.74) is 2.12. The highest BCUT2D eigenvalue weighted by molar-refractivity contribution is 14.1. The lowest BCUT2D eigenvalue weighted by Gasteiger charge is -2.16. The van der Waals surface area contributed by atoms with Crippen molar-refractivity contribution in [1.82, 2.24) is 0 Å². The lowest BCUT2D eigenvalue weighted by Crippen LogP contribution is -2.09. The molecule has 1 aromatic heterocycles. The number of anilines is 2. The van der Waals surface area contributed by atoms with E-state index in [0.717, 1.165) is 35.1 Å². The van der Waals surface area contributed by atoms with Crippen LogP contribution in [0.1, 0.15) is 0 Å². The van der Waals surface area contributed by atoms with Crippen LogP contribution in [-0.4, -0.2) is 7.05 Å². The maximum Gasteiger partial charge on any atom is 0.214 e. The van der Waals surface area contributed by atoms with Gasteiger partial charge in [-0.15, -0.1) is 0 Å². The molecule has 0 saturated heterocycles. The first-order chi connectivity index (χ1) is 10.6. The summed E-state index contributed by atoms with van der Waals surface area (Å²) >= 11 is 10.6. The van der Waals surface area contributed by atoms with Gasteiger partial charge in [-0.05, 0) is 81.6 Å².